The molecule has 0 amide bonds. The van der Waals surface area contributed by atoms with Gasteiger partial charge in [-0.25, -0.2) is 9.37 Å². The third-order valence-electron chi connectivity index (χ3n) is 2.05. The first-order valence-corrected chi connectivity index (χ1v) is 5.42. The van der Waals surface area contributed by atoms with E-state index < -0.39 is 42.7 Å². The van der Waals surface area contributed by atoms with E-state index in [1.807, 2.05) is 0 Å². The van der Waals surface area contributed by atoms with Gasteiger partial charge in [0.15, 0.2) is 5.75 Å². The van der Waals surface area contributed by atoms with E-state index in [-0.39, 0.29) is 12.3 Å². The molecule has 1 aromatic heterocycles. The van der Waals surface area contributed by atoms with E-state index >= 15 is 0 Å². The summed E-state index contributed by atoms with van der Waals surface area (Å²) < 4.78 is 70.1. The third kappa shape index (κ3) is 4.63. The maximum Gasteiger partial charge on any atom is 0.573 e. The highest BCUT2D eigenvalue weighted by Crippen LogP contribution is 2.29. The van der Waals surface area contributed by atoms with Crippen molar-refractivity contribution < 1.29 is 36.2 Å². The van der Waals surface area contributed by atoms with Gasteiger partial charge < -0.3 is 9.47 Å². The van der Waals surface area contributed by atoms with Gasteiger partial charge in [-0.05, 0) is 13.0 Å². The molecule has 0 aliphatic carbocycles. The fraction of sp³-hybridized carbons (Fsp3) is 0.455. The lowest BCUT2D eigenvalue weighted by Gasteiger charge is -2.13. The molecular weight excluding hydrogens is 289 g/mol. The standard InChI is InChI=1S/C11H10F5NO3/c1-2-19-8(18)4-7-3-6(5-12)9(10(13)17-7)20-11(14,15)16/h3H,2,4-5H2,1H3. The normalized spacial score (nSPS) is 11.3. The van der Waals surface area contributed by atoms with Crippen LogP contribution in [0.2, 0.25) is 0 Å². The molecule has 0 N–H and O–H groups in total. The fourth-order valence-corrected chi connectivity index (χ4v) is 1.38. The molecule has 0 bridgehead atoms. The van der Waals surface area contributed by atoms with Crippen LogP contribution in [0.25, 0.3) is 0 Å². The molecule has 4 nitrogen and oxygen atoms in total. The van der Waals surface area contributed by atoms with E-state index in [2.05, 4.69) is 14.5 Å². The minimum atomic E-state index is -5.17. The molecule has 9 heteroatoms. The topological polar surface area (TPSA) is 48.4 Å². The molecule has 0 spiro atoms. The number of pyridine rings is 1. The van der Waals surface area contributed by atoms with Crippen LogP contribution in [-0.4, -0.2) is 23.9 Å². The van der Waals surface area contributed by atoms with Crippen LogP contribution in [-0.2, 0) is 22.6 Å². The number of nitrogens with zero attached hydrogens (tertiary/aromatic N) is 1. The highest BCUT2D eigenvalue weighted by molar-refractivity contribution is 5.72. The lowest BCUT2D eigenvalue weighted by molar-refractivity contribution is -0.276. The predicted octanol–water partition coefficient (Wildman–Crippen LogP) is 2.69. The first-order chi connectivity index (χ1) is 9.26. The summed E-state index contributed by atoms with van der Waals surface area (Å²) in [6, 6.07) is 0.821. The summed E-state index contributed by atoms with van der Waals surface area (Å²) in [7, 11) is 0. The van der Waals surface area contributed by atoms with Crippen LogP contribution in [0.3, 0.4) is 0 Å². The Labute approximate surface area is 110 Å². The van der Waals surface area contributed by atoms with Gasteiger partial charge in [0.1, 0.15) is 6.67 Å². The Morgan fingerprint density at radius 2 is 2.05 bits per heavy atom. The minimum Gasteiger partial charge on any atom is -0.466 e. The molecule has 0 aliphatic rings. The van der Waals surface area contributed by atoms with Crippen molar-refractivity contribution in [2.75, 3.05) is 6.61 Å². The van der Waals surface area contributed by atoms with E-state index in [0.717, 1.165) is 6.07 Å². The minimum absolute atomic E-state index is 0.0759. The molecule has 0 atom stereocenters. The highest BCUT2D eigenvalue weighted by atomic mass is 19.4. The van der Waals surface area contributed by atoms with Crippen LogP contribution in [0.15, 0.2) is 6.07 Å². The molecule has 20 heavy (non-hydrogen) atoms. The van der Waals surface area contributed by atoms with Gasteiger partial charge in [-0.15, -0.1) is 13.2 Å². The second kappa shape index (κ2) is 6.49. The summed E-state index contributed by atoms with van der Waals surface area (Å²) >= 11 is 0. The van der Waals surface area contributed by atoms with E-state index in [1.165, 1.54) is 0 Å². The van der Waals surface area contributed by atoms with E-state index in [0.29, 0.717) is 0 Å². The SMILES string of the molecule is CCOC(=O)Cc1cc(CF)c(OC(F)(F)F)c(F)n1. The number of alkyl halides is 4. The Morgan fingerprint density at radius 1 is 1.40 bits per heavy atom. The zero-order chi connectivity index (χ0) is 15.3. The predicted molar refractivity (Wildman–Crippen MR) is 56.0 cm³/mol. The second-order valence-corrected chi connectivity index (χ2v) is 3.56. The molecule has 112 valence electrons. The maximum atomic E-state index is 13.4. The first-order valence-electron chi connectivity index (χ1n) is 5.42. The van der Waals surface area contributed by atoms with Crippen molar-refractivity contribution in [1.29, 1.82) is 0 Å². The van der Waals surface area contributed by atoms with Gasteiger partial charge in [-0.2, -0.15) is 4.39 Å². The highest BCUT2D eigenvalue weighted by Gasteiger charge is 2.34. The summed E-state index contributed by atoms with van der Waals surface area (Å²) in [5, 5.41) is 0. The Bertz CT molecular complexity index is 490. The van der Waals surface area contributed by atoms with Crippen molar-refractivity contribution in [1.82, 2.24) is 4.98 Å². The van der Waals surface area contributed by atoms with E-state index in [4.69, 9.17) is 0 Å². The lowest BCUT2D eigenvalue weighted by Crippen LogP contribution is -2.20. The number of ether oxygens (including phenoxy) is 2. The zero-order valence-corrected chi connectivity index (χ0v) is 10.3. The van der Waals surface area contributed by atoms with Gasteiger partial charge >= 0.3 is 12.3 Å². The lowest BCUT2D eigenvalue weighted by atomic mass is 10.2. The Hall–Kier alpha value is -1.93. The number of esters is 1. The monoisotopic (exact) mass is 299 g/mol. The molecule has 0 aromatic carbocycles. The van der Waals surface area contributed by atoms with Gasteiger partial charge in [-0.3, -0.25) is 4.79 Å². The number of halogens is 5. The molecule has 0 saturated heterocycles. The molecule has 1 rings (SSSR count). The molecule has 0 unspecified atom stereocenters. The van der Waals surface area contributed by atoms with Crippen molar-refractivity contribution in [3.8, 4) is 5.75 Å². The van der Waals surface area contributed by atoms with Crippen LogP contribution in [0, 0.1) is 5.95 Å². The number of aromatic nitrogens is 1. The number of rotatable bonds is 5. The van der Waals surface area contributed by atoms with Crippen molar-refractivity contribution in [3.05, 3.63) is 23.3 Å². The third-order valence-corrected chi connectivity index (χ3v) is 2.05. The van der Waals surface area contributed by atoms with Crippen LogP contribution in [0.1, 0.15) is 18.2 Å². The van der Waals surface area contributed by atoms with Crippen LogP contribution >= 0.6 is 0 Å². The van der Waals surface area contributed by atoms with Crippen LogP contribution in [0.5, 0.6) is 5.75 Å². The summed E-state index contributed by atoms with van der Waals surface area (Å²) in [5.41, 5.74) is -0.933. The number of carbonyl (C=O) groups is 1. The average Bonchev–Trinajstić information content (AvgIpc) is 2.31. The quantitative estimate of drug-likeness (QED) is 0.476. The molecule has 0 aliphatic heterocycles. The van der Waals surface area contributed by atoms with Crippen molar-refractivity contribution in [3.63, 3.8) is 0 Å². The summed E-state index contributed by atoms with van der Waals surface area (Å²) in [4.78, 5) is 14.3. The van der Waals surface area contributed by atoms with E-state index in [1.54, 1.807) is 6.92 Å². The van der Waals surface area contributed by atoms with Crippen molar-refractivity contribution >= 4 is 5.97 Å². The maximum absolute atomic E-state index is 13.4. The summed E-state index contributed by atoms with van der Waals surface area (Å²) in [6.45, 7) is 0.215. The van der Waals surface area contributed by atoms with Gasteiger partial charge in [0.25, 0.3) is 5.95 Å². The molecule has 1 heterocycles. The van der Waals surface area contributed by atoms with E-state index in [9.17, 15) is 26.7 Å². The molecule has 0 fully saturated rings. The van der Waals surface area contributed by atoms with Crippen LogP contribution in [0.4, 0.5) is 22.0 Å². The molecule has 0 saturated carbocycles. The summed E-state index contributed by atoms with van der Waals surface area (Å²) in [6.07, 6.45) is -5.65. The van der Waals surface area contributed by atoms with Gasteiger partial charge in [0.2, 0.25) is 0 Å². The van der Waals surface area contributed by atoms with Crippen molar-refractivity contribution in [2.45, 2.75) is 26.4 Å². The Balaban J connectivity index is 3.04. The first kappa shape index (κ1) is 16.1. The van der Waals surface area contributed by atoms with Gasteiger partial charge in [0.05, 0.1) is 18.7 Å². The van der Waals surface area contributed by atoms with Gasteiger partial charge in [0, 0.05) is 5.56 Å². The fourth-order valence-electron chi connectivity index (χ4n) is 1.38. The second-order valence-electron chi connectivity index (χ2n) is 3.56. The Kier molecular flexibility index (Phi) is 5.23. The number of hydrogen-bond acceptors (Lipinski definition) is 4. The number of hydrogen-bond donors (Lipinski definition) is 0. The van der Waals surface area contributed by atoms with Crippen molar-refractivity contribution in [2.24, 2.45) is 0 Å². The smallest absolute Gasteiger partial charge is 0.466 e. The molecule has 0 radical (unpaired) electrons. The Morgan fingerprint density at radius 3 is 2.55 bits per heavy atom. The van der Waals surface area contributed by atoms with Gasteiger partial charge in [-0.1, -0.05) is 0 Å². The molecule has 1 aromatic rings. The number of carbonyl (C=O) groups excluding carboxylic acids is 1. The summed E-state index contributed by atoms with van der Waals surface area (Å²) in [5.74, 6) is -3.74. The molecular formula is C11H10F5NO3. The average molecular weight is 299 g/mol. The van der Waals surface area contributed by atoms with Crippen LogP contribution < -0.4 is 4.74 Å². The zero-order valence-electron chi connectivity index (χ0n) is 10.3. The largest absolute Gasteiger partial charge is 0.573 e.